The van der Waals surface area contributed by atoms with Crippen molar-refractivity contribution in [2.45, 2.75) is 83.3 Å². The number of allylic oxidation sites excluding steroid dienone is 2. The third kappa shape index (κ3) is 8.96. The molecule has 0 aromatic heterocycles. The summed E-state index contributed by atoms with van der Waals surface area (Å²) in [4.78, 5) is 23.2. The predicted molar refractivity (Wildman–Crippen MR) is 106 cm³/mol. The van der Waals surface area contributed by atoms with Gasteiger partial charge in [-0.2, -0.15) is 0 Å². The number of unbranched alkanes of at least 4 members (excludes halogenated alkanes) is 1. The van der Waals surface area contributed by atoms with E-state index in [1.54, 1.807) is 0 Å². The molecule has 1 rings (SSSR count). The highest BCUT2D eigenvalue weighted by Crippen LogP contribution is 2.34. The molecule has 1 saturated carbocycles. The van der Waals surface area contributed by atoms with Gasteiger partial charge in [0.1, 0.15) is 12.4 Å². The van der Waals surface area contributed by atoms with Gasteiger partial charge in [0.15, 0.2) is 5.78 Å². The lowest BCUT2D eigenvalue weighted by Gasteiger charge is -2.22. The van der Waals surface area contributed by atoms with E-state index in [9.17, 15) is 19.8 Å². The summed E-state index contributed by atoms with van der Waals surface area (Å²) in [6.07, 6.45) is 12.8. The normalized spacial score (nSPS) is 25.5. The first-order valence-electron chi connectivity index (χ1n) is 10.2. The lowest BCUT2D eigenvalue weighted by Crippen LogP contribution is -2.23. The molecule has 1 aliphatic rings. The minimum atomic E-state index is -0.746. The van der Waals surface area contributed by atoms with Gasteiger partial charge < -0.3 is 15.3 Å². The summed E-state index contributed by atoms with van der Waals surface area (Å²) in [7, 11) is 0. The van der Waals surface area contributed by atoms with Gasteiger partial charge in [0.2, 0.25) is 0 Å². The van der Waals surface area contributed by atoms with E-state index in [1.807, 2.05) is 31.2 Å². The van der Waals surface area contributed by atoms with Gasteiger partial charge in [0.25, 0.3) is 0 Å². The van der Waals surface area contributed by atoms with E-state index in [1.165, 1.54) is 0 Å². The number of ketones is 2. The summed E-state index contributed by atoms with van der Waals surface area (Å²) in [5, 5.41) is 29.2. The van der Waals surface area contributed by atoms with Gasteiger partial charge >= 0.3 is 0 Å². The third-order valence-corrected chi connectivity index (χ3v) is 5.29. The Labute approximate surface area is 163 Å². The molecule has 5 heteroatoms. The monoisotopic (exact) mass is 380 g/mol. The maximum atomic E-state index is 12.2. The third-order valence-electron chi connectivity index (χ3n) is 5.29. The van der Waals surface area contributed by atoms with E-state index in [4.69, 9.17) is 5.11 Å². The highest BCUT2D eigenvalue weighted by Gasteiger charge is 2.39. The molecule has 154 valence electrons. The van der Waals surface area contributed by atoms with E-state index < -0.39 is 18.3 Å². The number of hydrogen-bond donors (Lipinski definition) is 3. The van der Waals surface area contributed by atoms with Crippen LogP contribution in [0.25, 0.3) is 0 Å². The fraction of sp³-hybridized carbons (Fsp3) is 0.727. The van der Waals surface area contributed by atoms with Crippen LogP contribution < -0.4 is 0 Å². The second-order valence-corrected chi connectivity index (χ2v) is 7.94. The first kappa shape index (κ1) is 23.7. The Morgan fingerprint density at radius 1 is 1.26 bits per heavy atom. The number of rotatable bonds is 13. The lowest BCUT2D eigenvalue weighted by molar-refractivity contribution is -0.122. The lowest BCUT2D eigenvalue weighted by atomic mass is 9.88. The largest absolute Gasteiger partial charge is 0.392 e. The van der Waals surface area contributed by atoms with Crippen molar-refractivity contribution in [3.63, 3.8) is 0 Å². The molecule has 3 N–H and O–H groups in total. The summed E-state index contributed by atoms with van der Waals surface area (Å²) >= 11 is 0. The van der Waals surface area contributed by atoms with Gasteiger partial charge in [0.05, 0.1) is 11.7 Å². The molecule has 0 saturated heterocycles. The van der Waals surface area contributed by atoms with Gasteiger partial charge in [-0.25, -0.2) is 0 Å². The molecule has 0 heterocycles. The van der Waals surface area contributed by atoms with Crippen LogP contribution in [0.15, 0.2) is 24.3 Å². The fourth-order valence-electron chi connectivity index (χ4n) is 3.57. The van der Waals surface area contributed by atoms with Crippen molar-refractivity contribution in [1.82, 2.24) is 0 Å². The SMILES string of the molecule is CCCC[C@](C)(O)C/C=C/[C@H]1[C@H](O)CC(=O)[C@@H]1CC/C=C\CCC(=O)CO. The number of hydrogen-bond acceptors (Lipinski definition) is 5. The van der Waals surface area contributed by atoms with Crippen molar-refractivity contribution < 1.29 is 24.9 Å². The molecule has 1 fully saturated rings. The first-order chi connectivity index (χ1) is 12.8. The van der Waals surface area contributed by atoms with Crippen LogP contribution in [-0.2, 0) is 9.59 Å². The Balaban J connectivity index is 2.49. The van der Waals surface area contributed by atoms with E-state index >= 15 is 0 Å². The maximum Gasteiger partial charge on any atom is 0.158 e. The Morgan fingerprint density at radius 3 is 2.63 bits per heavy atom. The predicted octanol–water partition coefficient (Wildman–Crippen LogP) is 3.12. The van der Waals surface area contributed by atoms with E-state index in [0.717, 1.165) is 25.7 Å². The van der Waals surface area contributed by atoms with E-state index in [2.05, 4.69) is 6.92 Å². The summed E-state index contributed by atoms with van der Waals surface area (Å²) in [6.45, 7) is 3.50. The molecule has 0 amide bonds. The van der Waals surface area contributed by atoms with E-state index in [0.29, 0.717) is 25.7 Å². The molecule has 0 spiro atoms. The Kier molecular flexibility index (Phi) is 10.7. The second-order valence-electron chi connectivity index (χ2n) is 7.94. The van der Waals surface area contributed by atoms with Crippen LogP contribution >= 0.6 is 0 Å². The molecular formula is C22H36O5. The fourth-order valence-corrected chi connectivity index (χ4v) is 3.57. The Bertz CT molecular complexity index is 521. The quantitative estimate of drug-likeness (QED) is 0.427. The summed E-state index contributed by atoms with van der Waals surface area (Å²) < 4.78 is 0. The zero-order valence-electron chi connectivity index (χ0n) is 16.8. The van der Waals surface area contributed by atoms with Gasteiger partial charge in [0, 0.05) is 24.7 Å². The van der Waals surface area contributed by atoms with Crippen LogP contribution in [0.4, 0.5) is 0 Å². The van der Waals surface area contributed by atoms with Crippen LogP contribution in [0.5, 0.6) is 0 Å². The molecule has 0 bridgehead atoms. The minimum absolute atomic E-state index is 0.0961. The van der Waals surface area contributed by atoms with Crippen molar-refractivity contribution in [2.75, 3.05) is 6.61 Å². The van der Waals surface area contributed by atoms with Crippen LogP contribution in [0, 0.1) is 11.8 Å². The summed E-state index contributed by atoms with van der Waals surface area (Å²) in [5.74, 6) is -0.461. The zero-order chi connectivity index (χ0) is 20.3. The average molecular weight is 381 g/mol. The number of aliphatic hydroxyl groups is 3. The highest BCUT2D eigenvalue weighted by atomic mass is 16.3. The number of Topliss-reactive ketones (excluding diaryl/α,β-unsaturated/α-hetero) is 2. The molecule has 27 heavy (non-hydrogen) atoms. The van der Waals surface area contributed by atoms with Crippen LogP contribution in [0.3, 0.4) is 0 Å². The van der Waals surface area contributed by atoms with E-state index in [-0.39, 0.29) is 29.8 Å². The van der Waals surface area contributed by atoms with Crippen molar-refractivity contribution in [2.24, 2.45) is 11.8 Å². The molecule has 0 aromatic carbocycles. The highest BCUT2D eigenvalue weighted by molar-refractivity contribution is 5.84. The zero-order valence-corrected chi connectivity index (χ0v) is 16.8. The van der Waals surface area contributed by atoms with Crippen molar-refractivity contribution in [1.29, 1.82) is 0 Å². The van der Waals surface area contributed by atoms with Crippen molar-refractivity contribution in [3.05, 3.63) is 24.3 Å². The Morgan fingerprint density at radius 2 is 1.96 bits per heavy atom. The van der Waals surface area contributed by atoms with Gasteiger partial charge in [-0.3, -0.25) is 9.59 Å². The number of aliphatic hydroxyl groups excluding tert-OH is 2. The molecule has 0 aromatic rings. The molecule has 0 radical (unpaired) electrons. The Hall–Kier alpha value is -1.30. The molecule has 0 aliphatic heterocycles. The standard InChI is InChI=1S/C22H36O5/c1-3-4-13-22(2,27)14-9-12-19-18(20(25)15-21(19)26)11-8-6-5-7-10-17(24)16-23/h5-6,9,12,18-19,21,23,26-27H,3-4,7-8,10-11,13-16H2,1-2H3/b6-5-,12-9+/t18-,19-,21-,22+/m1/s1. The van der Waals surface area contributed by atoms with Crippen molar-refractivity contribution >= 4 is 11.6 Å². The maximum absolute atomic E-state index is 12.2. The van der Waals surface area contributed by atoms with Crippen LogP contribution in [0.2, 0.25) is 0 Å². The van der Waals surface area contributed by atoms with Gasteiger partial charge in [-0.05, 0) is 39.0 Å². The smallest absolute Gasteiger partial charge is 0.158 e. The number of carbonyl (C=O) groups excluding carboxylic acids is 2. The van der Waals surface area contributed by atoms with Crippen LogP contribution in [0.1, 0.15) is 71.6 Å². The second kappa shape index (κ2) is 12.2. The van der Waals surface area contributed by atoms with Crippen molar-refractivity contribution in [3.8, 4) is 0 Å². The first-order valence-corrected chi connectivity index (χ1v) is 10.2. The molecule has 1 aliphatic carbocycles. The molecular weight excluding hydrogens is 344 g/mol. The summed E-state index contributed by atoms with van der Waals surface area (Å²) in [5.41, 5.74) is -0.746. The molecule has 4 atom stereocenters. The number of carbonyl (C=O) groups is 2. The van der Waals surface area contributed by atoms with Crippen LogP contribution in [-0.4, -0.2) is 45.2 Å². The molecule has 5 nitrogen and oxygen atoms in total. The summed E-state index contributed by atoms with van der Waals surface area (Å²) in [6, 6.07) is 0. The topological polar surface area (TPSA) is 94.8 Å². The average Bonchev–Trinajstić information content (AvgIpc) is 2.89. The minimum Gasteiger partial charge on any atom is -0.392 e. The molecule has 0 unspecified atom stereocenters. The van der Waals surface area contributed by atoms with Gasteiger partial charge in [-0.15, -0.1) is 0 Å². The van der Waals surface area contributed by atoms with Gasteiger partial charge in [-0.1, -0.05) is 44.1 Å².